The topological polar surface area (TPSA) is 74.4 Å². The second-order valence-electron chi connectivity index (χ2n) is 5.02. The van der Waals surface area contributed by atoms with E-state index in [1.54, 1.807) is 12.1 Å². The summed E-state index contributed by atoms with van der Waals surface area (Å²) in [6.07, 6.45) is 0. The van der Waals surface area contributed by atoms with E-state index in [4.69, 9.17) is 16.4 Å². The van der Waals surface area contributed by atoms with Crippen LogP contribution in [-0.2, 0) is 11.4 Å². The number of H-pyrrole nitrogens is 1. The molecule has 0 saturated heterocycles. The number of nitrogens with one attached hydrogen (secondary N) is 2. The second kappa shape index (κ2) is 5.62. The molecule has 2 heterocycles. The summed E-state index contributed by atoms with van der Waals surface area (Å²) in [4.78, 5) is 34.8. The molecular formula is C15H16ClN3O3. The maximum Gasteiger partial charge on any atom is 0.257 e. The first-order valence-corrected chi connectivity index (χ1v) is 7.50. The van der Waals surface area contributed by atoms with Crippen molar-refractivity contribution in [2.24, 2.45) is 0 Å². The van der Waals surface area contributed by atoms with Gasteiger partial charge in [-0.3, -0.25) is 14.4 Å². The van der Waals surface area contributed by atoms with E-state index in [-0.39, 0.29) is 28.4 Å². The highest BCUT2D eigenvalue weighted by molar-refractivity contribution is 6.38. The van der Waals surface area contributed by atoms with E-state index in [1.165, 1.54) is 0 Å². The number of hydrogen-bond donors (Lipinski definition) is 2. The lowest BCUT2D eigenvalue weighted by molar-refractivity contribution is 0.201. The molecule has 116 valence electrons. The van der Waals surface area contributed by atoms with Gasteiger partial charge in [0, 0.05) is 13.1 Å². The van der Waals surface area contributed by atoms with E-state index < -0.39 is 0 Å². The van der Waals surface area contributed by atoms with Crippen LogP contribution in [0.25, 0.3) is 10.8 Å². The zero-order valence-corrected chi connectivity index (χ0v) is 13.1. The monoisotopic (exact) mass is 321 g/mol. The Hall–Kier alpha value is -2.05. The average Bonchev–Trinajstić information content (AvgIpc) is 2.93. The van der Waals surface area contributed by atoms with E-state index >= 15 is 0 Å². The molecular weight excluding hydrogens is 306 g/mol. The molecule has 1 aromatic heterocycles. The Bertz CT molecular complexity index is 859. The van der Waals surface area contributed by atoms with E-state index in [2.05, 4.69) is 10.5 Å². The lowest BCUT2D eigenvalue weighted by Gasteiger charge is -2.22. The third-order valence-electron chi connectivity index (χ3n) is 3.90. The molecule has 22 heavy (non-hydrogen) atoms. The van der Waals surface area contributed by atoms with Crippen LogP contribution in [0.2, 0.25) is 5.02 Å². The third kappa shape index (κ3) is 2.15. The molecule has 1 aromatic carbocycles. The Morgan fingerprint density at radius 2 is 2.00 bits per heavy atom. The first-order valence-electron chi connectivity index (χ1n) is 7.12. The van der Waals surface area contributed by atoms with Crippen LogP contribution < -0.4 is 21.4 Å². The Kier molecular flexibility index (Phi) is 3.80. The molecule has 6 nitrogen and oxygen atoms in total. The molecule has 2 aromatic rings. The summed E-state index contributed by atoms with van der Waals surface area (Å²) in [5, 5.41) is 0.824. The Morgan fingerprint density at radius 1 is 1.27 bits per heavy atom. The fourth-order valence-electron chi connectivity index (χ4n) is 2.71. The number of anilines is 2. The van der Waals surface area contributed by atoms with Crippen molar-refractivity contribution < 1.29 is 4.84 Å². The van der Waals surface area contributed by atoms with Gasteiger partial charge < -0.3 is 9.88 Å². The predicted octanol–water partition coefficient (Wildman–Crippen LogP) is 2.24. The molecule has 0 spiro atoms. The van der Waals surface area contributed by atoms with E-state index in [9.17, 15) is 9.59 Å². The normalized spacial score (nSPS) is 13.0. The van der Waals surface area contributed by atoms with E-state index in [0.717, 1.165) is 18.8 Å². The van der Waals surface area contributed by atoms with Gasteiger partial charge in [-0.15, -0.1) is 0 Å². The molecule has 0 fully saturated rings. The van der Waals surface area contributed by atoms with Gasteiger partial charge in [-0.2, -0.15) is 0 Å². The second-order valence-corrected chi connectivity index (χ2v) is 5.40. The summed E-state index contributed by atoms with van der Waals surface area (Å²) >= 11 is 6.48. The molecule has 2 N–H and O–H groups in total. The minimum Gasteiger partial charge on any atom is -0.371 e. The standard InChI is InChI=1S/C15H16ClN3O3/c1-3-19(4-2)10-6-5-8-11(12(10)16)13(20)9-7-22-18-14(9)17-15(8)21/h5-6,18H,3-4,7H2,1-2H3,(H,17,21). The Balaban J connectivity index is 2.45. The lowest BCUT2D eigenvalue weighted by Crippen LogP contribution is -2.22. The largest absolute Gasteiger partial charge is 0.371 e. The molecule has 7 heteroatoms. The summed E-state index contributed by atoms with van der Waals surface area (Å²) in [5.41, 5.74) is 3.02. The number of nitrogens with zero attached hydrogens (tertiary/aromatic N) is 1. The summed E-state index contributed by atoms with van der Waals surface area (Å²) in [5.74, 6) is 0.298. The zero-order valence-electron chi connectivity index (χ0n) is 12.3. The Labute approximate surface area is 131 Å². The number of aromatic nitrogens is 1. The van der Waals surface area contributed by atoms with Crippen molar-refractivity contribution in [2.45, 2.75) is 20.5 Å². The fraction of sp³-hybridized carbons (Fsp3) is 0.333. The van der Waals surface area contributed by atoms with Gasteiger partial charge in [-0.1, -0.05) is 11.6 Å². The number of fused-ring (bicyclic) bond motifs is 2. The van der Waals surface area contributed by atoms with Gasteiger partial charge in [0.15, 0.2) is 5.43 Å². The molecule has 0 bridgehead atoms. The van der Waals surface area contributed by atoms with Gasteiger partial charge in [-0.25, -0.2) is 5.48 Å². The molecule has 1 aliphatic heterocycles. The maximum atomic E-state index is 12.8. The molecule has 1 aliphatic rings. The van der Waals surface area contributed by atoms with Crippen molar-refractivity contribution in [1.82, 2.24) is 4.98 Å². The smallest absolute Gasteiger partial charge is 0.257 e. The zero-order chi connectivity index (χ0) is 15.9. The summed E-state index contributed by atoms with van der Waals surface area (Å²) < 4.78 is 0. The number of aromatic amines is 1. The van der Waals surface area contributed by atoms with Crippen LogP contribution in [0, 0.1) is 0 Å². The first-order chi connectivity index (χ1) is 10.6. The molecule has 0 atom stereocenters. The Morgan fingerprint density at radius 3 is 2.68 bits per heavy atom. The van der Waals surface area contributed by atoms with Gasteiger partial charge in [-0.05, 0) is 26.0 Å². The van der Waals surface area contributed by atoms with Crippen LogP contribution in [0.15, 0.2) is 21.7 Å². The van der Waals surface area contributed by atoms with Crippen molar-refractivity contribution >= 4 is 33.9 Å². The van der Waals surface area contributed by atoms with Crippen LogP contribution in [0.4, 0.5) is 11.5 Å². The highest BCUT2D eigenvalue weighted by Crippen LogP contribution is 2.31. The molecule has 0 saturated carbocycles. The number of halogens is 1. The van der Waals surface area contributed by atoms with Crippen LogP contribution >= 0.6 is 11.6 Å². The lowest BCUT2D eigenvalue weighted by atomic mass is 10.1. The third-order valence-corrected chi connectivity index (χ3v) is 4.29. The molecule has 0 aliphatic carbocycles. The van der Waals surface area contributed by atoms with Crippen LogP contribution in [-0.4, -0.2) is 18.1 Å². The first kappa shape index (κ1) is 14.9. The van der Waals surface area contributed by atoms with Gasteiger partial charge >= 0.3 is 0 Å². The average molecular weight is 322 g/mol. The summed E-state index contributed by atoms with van der Waals surface area (Å²) in [7, 11) is 0. The summed E-state index contributed by atoms with van der Waals surface area (Å²) in [6.45, 7) is 5.63. The van der Waals surface area contributed by atoms with Crippen molar-refractivity contribution in [3.63, 3.8) is 0 Å². The van der Waals surface area contributed by atoms with Gasteiger partial charge in [0.05, 0.1) is 27.0 Å². The van der Waals surface area contributed by atoms with Crippen molar-refractivity contribution in [3.8, 4) is 0 Å². The van der Waals surface area contributed by atoms with E-state index in [0.29, 0.717) is 16.4 Å². The van der Waals surface area contributed by atoms with Crippen molar-refractivity contribution in [2.75, 3.05) is 23.5 Å². The molecule has 0 unspecified atom stereocenters. The van der Waals surface area contributed by atoms with Crippen LogP contribution in [0.1, 0.15) is 19.4 Å². The summed E-state index contributed by atoms with van der Waals surface area (Å²) in [6, 6.07) is 3.42. The highest BCUT2D eigenvalue weighted by Gasteiger charge is 2.21. The SMILES string of the molecule is CCN(CC)c1ccc2c(=O)[nH]c3c(c(=O)c2c1Cl)CON3. The van der Waals surface area contributed by atoms with Crippen molar-refractivity contribution in [3.05, 3.63) is 43.3 Å². The highest BCUT2D eigenvalue weighted by atomic mass is 35.5. The number of benzene rings is 1. The molecule has 0 amide bonds. The molecule has 3 rings (SSSR count). The minimum atomic E-state index is -0.376. The minimum absolute atomic E-state index is 0.0969. The van der Waals surface area contributed by atoms with Crippen LogP contribution in [0.3, 0.4) is 0 Å². The number of hydrogen-bond acceptors (Lipinski definition) is 5. The maximum absolute atomic E-state index is 12.8. The van der Waals surface area contributed by atoms with Gasteiger partial charge in [0.2, 0.25) is 0 Å². The van der Waals surface area contributed by atoms with Gasteiger partial charge in [0.25, 0.3) is 5.56 Å². The quantitative estimate of drug-likeness (QED) is 0.907. The molecule has 0 radical (unpaired) electrons. The number of rotatable bonds is 3. The fourth-order valence-corrected chi connectivity index (χ4v) is 3.08. The van der Waals surface area contributed by atoms with Crippen molar-refractivity contribution in [1.29, 1.82) is 0 Å². The predicted molar refractivity (Wildman–Crippen MR) is 87.8 cm³/mol. The van der Waals surface area contributed by atoms with Crippen LogP contribution in [0.5, 0.6) is 0 Å². The van der Waals surface area contributed by atoms with Gasteiger partial charge in [0.1, 0.15) is 12.4 Å². The van der Waals surface area contributed by atoms with E-state index in [1.807, 2.05) is 18.7 Å².